The van der Waals surface area contributed by atoms with Crippen LogP contribution in [0.2, 0.25) is 10.0 Å². The van der Waals surface area contributed by atoms with Gasteiger partial charge in [-0.15, -0.1) is 11.3 Å². The lowest BCUT2D eigenvalue weighted by atomic mass is 10.1. The number of aryl methyl sites for hydroxylation is 2. The summed E-state index contributed by atoms with van der Waals surface area (Å²) in [6.07, 6.45) is 0.642. The maximum atomic E-state index is 6.47. The first kappa shape index (κ1) is 16.3. The Morgan fingerprint density at radius 3 is 2.74 bits per heavy atom. The zero-order valence-corrected chi connectivity index (χ0v) is 15.2. The third kappa shape index (κ3) is 3.52. The summed E-state index contributed by atoms with van der Waals surface area (Å²) in [4.78, 5) is 4.48. The molecule has 3 rings (SSSR count). The molecule has 0 aliphatic heterocycles. The van der Waals surface area contributed by atoms with Crippen LogP contribution in [0, 0.1) is 13.8 Å². The van der Waals surface area contributed by atoms with Gasteiger partial charge in [0, 0.05) is 17.1 Å². The lowest BCUT2D eigenvalue weighted by Gasteiger charge is -2.12. The highest BCUT2D eigenvalue weighted by atomic mass is 35.5. The highest BCUT2D eigenvalue weighted by molar-refractivity contribution is 7.18. The van der Waals surface area contributed by atoms with Gasteiger partial charge in [0.1, 0.15) is 5.52 Å². The van der Waals surface area contributed by atoms with Crippen LogP contribution in [0.25, 0.3) is 10.2 Å². The molecule has 0 radical (unpaired) electrons. The molecule has 0 aliphatic carbocycles. The van der Waals surface area contributed by atoms with Crippen LogP contribution in [-0.2, 0) is 6.42 Å². The van der Waals surface area contributed by atoms with Gasteiger partial charge in [0.25, 0.3) is 0 Å². The van der Waals surface area contributed by atoms with E-state index in [4.69, 9.17) is 23.2 Å². The fourth-order valence-corrected chi connectivity index (χ4v) is 3.88. The molecule has 1 heterocycles. The summed E-state index contributed by atoms with van der Waals surface area (Å²) in [7, 11) is 0. The van der Waals surface area contributed by atoms with Crippen molar-refractivity contribution in [3.63, 3.8) is 0 Å². The molecule has 0 unspecified atom stereocenters. The maximum absolute atomic E-state index is 6.47. The van der Waals surface area contributed by atoms with Crippen molar-refractivity contribution in [3.05, 3.63) is 68.8 Å². The predicted molar refractivity (Wildman–Crippen MR) is 102 cm³/mol. The van der Waals surface area contributed by atoms with E-state index >= 15 is 0 Å². The van der Waals surface area contributed by atoms with E-state index in [2.05, 4.69) is 16.9 Å². The summed E-state index contributed by atoms with van der Waals surface area (Å²) in [5, 5.41) is 5.67. The minimum atomic E-state index is 0.628. The van der Waals surface area contributed by atoms with Crippen molar-refractivity contribution < 1.29 is 0 Å². The monoisotopic (exact) mass is 362 g/mol. The number of anilines is 1. The zero-order chi connectivity index (χ0) is 16.6. The molecular formula is C18H16Cl2N2S. The van der Waals surface area contributed by atoms with Crippen LogP contribution < -0.4 is 5.32 Å². The Bertz CT molecular complexity index is 899. The summed E-state index contributed by atoms with van der Waals surface area (Å²) in [6.45, 7) is 8.09. The summed E-state index contributed by atoms with van der Waals surface area (Å²) < 4.78 is 1.09. The van der Waals surface area contributed by atoms with Gasteiger partial charge in [-0.25, -0.2) is 4.98 Å². The van der Waals surface area contributed by atoms with Crippen LogP contribution >= 0.6 is 34.5 Å². The number of allylic oxidation sites excluding steroid dienone is 1. The van der Waals surface area contributed by atoms with Crippen molar-refractivity contribution in [1.29, 1.82) is 0 Å². The number of hydrogen-bond acceptors (Lipinski definition) is 3. The van der Waals surface area contributed by atoms with Gasteiger partial charge in [-0.2, -0.15) is 0 Å². The molecule has 2 nitrogen and oxygen atoms in total. The lowest BCUT2D eigenvalue weighted by molar-refractivity contribution is 1.15. The standard InChI is InChI=1S/C18H16Cl2N2S/c1-10-4-5-13(14(19)8-10)9-11(2)21-15-6-7-16-18(17(15)20)22-12(3)23-16/h4-8,21H,2,9H2,1,3H3. The number of fused-ring (bicyclic) bond motifs is 1. The predicted octanol–water partition coefficient (Wildman–Crippen LogP) is 6.39. The molecule has 0 bridgehead atoms. The fraction of sp³-hybridized carbons (Fsp3) is 0.167. The van der Waals surface area contributed by atoms with Crippen LogP contribution in [0.4, 0.5) is 5.69 Å². The van der Waals surface area contributed by atoms with Crippen molar-refractivity contribution in [2.24, 2.45) is 0 Å². The molecule has 3 aromatic rings. The van der Waals surface area contributed by atoms with Crippen LogP contribution in [0.15, 0.2) is 42.6 Å². The van der Waals surface area contributed by atoms with Gasteiger partial charge < -0.3 is 5.32 Å². The molecule has 0 amide bonds. The molecule has 2 aromatic carbocycles. The number of halogens is 2. The van der Waals surface area contributed by atoms with Gasteiger partial charge in [-0.1, -0.05) is 41.9 Å². The summed E-state index contributed by atoms with van der Waals surface area (Å²) in [6, 6.07) is 10.0. The number of thiazole rings is 1. The van der Waals surface area contributed by atoms with E-state index in [1.807, 2.05) is 44.2 Å². The van der Waals surface area contributed by atoms with Gasteiger partial charge >= 0.3 is 0 Å². The summed E-state index contributed by atoms with van der Waals surface area (Å²) in [5.41, 5.74) is 4.67. The van der Waals surface area contributed by atoms with Crippen LogP contribution in [0.3, 0.4) is 0 Å². The molecule has 0 atom stereocenters. The highest BCUT2D eigenvalue weighted by Gasteiger charge is 2.11. The molecule has 1 N–H and O–H groups in total. The number of hydrogen-bond donors (Lipinski definition) is 1. The third-order valence-electron chi connectivity index (χ3n) is 3.53. The van der Waals surface area contributed by atoms with Gasteiger partial charge in [0.15, 0.2) is 0 Å². The Morgan fingerprint density at radius 1 is 1.22 bits per heavy atom. The first-order valence-corrected chi connectivity index (χ1v) is 8.77. The molecule has 0 spiro atoms. The smallest absolute Gasteiger partial charge is 0.102 e. The van der Waals surface area contributed by atoms with Crippen molar-refractivity contribution >= 4 is 50.4 Å². The Labute approximate surface area is 149 Å². The second-order valence-electron chi connectivity index (χ2n) is 5.51. The fourth-order valence-electron chi connectivity index (χ4n) is 2.43. The van der Waals surface area contributed by atoms with Crippen molar-refractivity contribution in [1.82, 2.24) is 4.98 Å². The second kappa shape index (κ2) is 6.52. The normalized spacial score (nSPS) is 11.0. The highest BCUT2D eigenvalue weighted by Crippen LogP contribution is 2.34. The van der Waals surface area contributed by atoms with Crippen molar-refractivity contribution in [2.45, 2.75) is 20.3 Å². The quantitative estimate of drug-likeness (QED) is 0.581. The minimum Gasteiger partial charge on any atom is -0.358 e. The van der Waals surface area contributed by atoms with E-state index in [1.54, 1.807) is 11.3 Å². The van der Waals surface area contributed by atoms with Crippen LogP contribution in [-0.4, -0.2) is 4.98 Å². The van der Waals surface area contributed by atoms with Crippen LogP contribution in [0.5, 0.6) is 0 Å². The molecule has 118 valence electrons. The second-order valence-corrected chi connectivity index (χ2v) is 7.53. The Balaban J connectivity index is 1.81. The minimum absolute atomic E-state index is 0.628. The SMILES string of the molecule is C=C(Cc1ccc(C)cc1Cl)Nc1ccc2sc(C)nc2c1Cl. The van der Waals surface area contributed by atoms with E-state index in [-0.39, 0.29) is 0 Å². The first-order valence-electron chi connectivity index (χ1n) is 7.19. The van der Waals surface area contributed by atoms with E-state index in [0.717, 1.165) is 42.8 Å². The molecule has 1 aromatic heterocycles. The maximum Gasteiger partial charge on any atom is 0.102 e. The molecule has 5 heteroatoms. The third-order valence-corrected chi connectivity index (χ3v) is 5.20. The Hall–Kier alpha value is -1.55. The van der Waals surface area contributed by atoms with E-state index in [0.29, 0.717) is 11.4 Å². The average Bonchev–Trinajstić information content (AvgIpc) is 2.87. The zero-order valence-electron chi connectivity index (χ0n) is 12.9. The average molecular weight is 363 g/mol. The summed E-state index contributed by atoms with van der Waals surface area (Å²) in [5.74, 6) is 0. The van der Waals surface area contributed by atoms with Gasteiger partial charge in [0.05, 0.1) is 20.4 Å². The Morgan fingerprint density at radius 2 is 2.00 bits per heavy atom. The number of rotatable bonds is 4. The Kier molecular flexibility index (Phi) is 4.62. The van der Waals surface area contributed by atoms with Crippen molar-refractivity contribution in [3.8, 4) is 0 Å². The molecule has 0 saturated heterocycles. The first-order chi connectivity index (χ1) is 10.9. The van der Waals surface area contributed by atoms with E-state index in [9.17, 15) is 0 Å². The molecular weight excluding hydrogens is 347 g/mol. The van der Waals surface area contributed by atoms with E-state index < -0.39 is 0 Å². The van der Waals surface area contributed by atoms with Crippen LogP contribution in [0.1, 0.15) is 16.1 Å². The van der Waals surface area contributed by atoms with Gasteiger partial charge in [0.2, 0.25) is 0 Å². The van der Waals surface area contributed by atoms with Gasteiger partial charge in [-0.05, 0) is 43.2 Å². The molecule has 0 aliphatic rings. The number of nitrogens with zero attached hydrogens (tertiary/aromatic N) is 1. The van der Waals surface area contributed by atoms with Gasteiger partial charge in [-0.3, -0.25) is 0 Å². The number of nitrogens with one attached hydrogen (secondary N) is 1. The molecule has 0 saturated carbocycles. The van der Waals surface area contributed by atoms with Crippen molar-refractivity contribution in [2.75, 3.05) is 5.32 Å². The number of benzene rings is 2. The topological polar surface area (TPSA) is 24.9 Å². The summed E-state index contributed by atoms with van der Waals surface area (Å²) >= 11 is 14.4. The lowest BCUT2D eigenvalue weighted by Crippen LogP contribution is -2.02. The number of aromatic nitrogens is 1. The molecule has 0 fully saturated rings. The largest absolute Gasteiger partial charge is 0.358 e. The van der Waals surface area contributed by atoms with E-state index in [1.165, 1.54) is 0 Å². The molecule has 23 heavy (non-hydrogen) atoms.